The van der Waals surface area contributed by atoms with Crippen LogP contribution in [0.3, 0.4) is 0 Å². The Kier molecular flexibility index (Phi) is 9.62. The minimum atomic E-state index is -0.159. The lowest BCUT2D eigenvalue weighted by molar-refractivity contribution is 0.103. The van der Waals surface area contributed by atoms with E-state index in [1.807, 2.05) is 19.9 Å². The number of para-hydroxylation sites is 1. The first-order valence-electron chi connectivity index (χ1n) is 6.48. The normalized spacial score (nSPS) is 8.60. The van der Waals surface area contributed by atoms with E-state index in [1.54, 1.807) is 56.7 Å². The van der Waals surface area contributed by atoms with Crippen LogP contribution in [0.15, 0.2) is 54.6 Å². The molecular formula is C17H22O3. The van der Waals surface area contributed by atoms with Gasteiger partial charge in [-0.2, -0.15) is 0 Å². The Morgan fingerprint density at radius 3 is 1.85 bits per heavy atom. The first-order chi connectivity index (χ1) is 9.70. The molecule has 108 valence electrons. The summed E-state index contributed by atoms with van der Waals surface area (Å²) in [7, 11) is 3.25. The molecule has 0 saturated carbocycles. The number of methoxy groups -OCH3 is 1. The highest BCUT2D eigenvalue weighted by Gasteiger charge is 2.11. The lowest BCUT2D eigenvalue weighted by Crippen LogP contribution is -2.00. The van der Waals surface area contributed by atoms with Crippen molar-refractivity contribution in [1.82, 2.24) is 0 Å². The van der Waals surface area contributed by atoms with Gasteiger partial charge in [-0.3, -0.25) is 4.79 Å². The molecule has 0 aliphatic carbocycles. The predicted molar refractivity (Wildman–Crippen MR) is 82.3 cm³/mol. The van der Waals surface area contributed by atoms with Crippen LogP contribution < -0.4 is 0 Å². The SMILES string of the molecule is CC.COC.O=C(c1ccccc1)c1ccccc1O. The van der Waals surface area contributed by atoms with Crippen LogP contribution in [-0.4, -0.2) is 25.1 Å². The van der Waals surface area contributed by atoms with Crippen LogP contribution in [0.2, 0.25) is 0 Å². The number of aromatic hydroxyl groups is 1. The molecule has 20 heavy (non-hydrogen) atoms. The Labute approximate surface area is 120 Å². The monoisotopic (exact) mass is 274 g/mol. The summed E-state index contributed by atoms with van der Waals surface area (Å²) in [6.45, 7) is 4.00. The molecule has 0 saturated heterocycles. The molecule has 0 spiro atoms. The van der Waals surface area contributed by atoms with Crippen LogP contribution in [0, 0.1) is 0 Å². The van der Waals surface area contributed by atoms with Gasteiger partial charge in [-0.05, 0) is 12.1 Å². The summed E-state index contributed by atoms with van der Waals surface area (Å²) in [6.07, 6.45) is 0. The van der Waals surface area contributed by atoms with Crippen LogP contribution in [0.5, 0.6) is 5.75 Å². The highest BCUT2D eigenvalue weighted by atomic mass is 16.4. The van der Waals surface area contributed by atoms with Gasteiger partial charge < -0.3 is 9.84 Å². The standard InChI is InChI=1S/C13H10O2.C2H6O.C2H6/c14-12-9-5-4-8-11(12)13(15)10-6-2-1-3-7-10;1-3-2;1-2/h1-9,14H;1-2H3;1-2H3. The molecule has 0 bridgehead atoms. The van der Waals surface area contributed by atoms with Gasteiger partial charge >= 0.3 is 0 Å². The molecule has 3 heteroatoms. The van der Waals surface area contributed by atoms with Crippen LogP contribution >= 0.6 is 0 Å². The molecule has 2 rings (SSSR count). The fourth-order valence-corrected chi connectivity index (χ4v) is 1.41. The van der Waals surface area contributed by atoms with Crippen molar-refractivity contribution in [2.45, 2.75) is 13.8 Å². The fourth-order valence-electron chi connectivity index (χ4n) is 1.41. The van der Waals surface area contributed by atoms with Crippen LogP contribution in [-0.2, 0) is 4.74 Å². The quantitative estimate of drug-likeness (QED) is 0.844. The van der Waals surface area contributed by atoms with Gasteiger partial charge in [0.15, 0.2) is 5.78 Å². The highest BCUT2D eigenvalue weighted by molar-refractivity contribution is 6.10. The number of carbonyl (C=O) groups is 1. The van der Waals surface area contributed by atoms with E-state index in [4.69, 9.17) is 0 Å². The molecule has 2 aromatic carbocycles. The summed E-state index contributed by atoms with van der Waals surface area (Å²) in [5.41, 5.74) is 0.919. The second-order valence-electron chi connectivity index (χ2n) is 3.62. The van der Waals surface area contributed by atoms with Crippen molar-refractivity contribution in [2.75, 3.05) is 14.2 Å². The minimum absolute atomic E-state index is 0.0198. The van der Waals surface area contributed by atoms with E-state index in [0.717, 1.165) is 0 Å². The van der Waals surface area contributed by atoms with E-state index in [0.29, 0.717) is 11.1 Å². The smallest absolute Gasteiger partial charge is 0.196 e. The number of hydrogen-bond acceptors (Lipinski definition) is 3. The maximum absolute atomic E-state index is 11.9. The van der Waals surface area contributed by atoms with Gasteiger partial charge in [0.1, 0.15) is 5.75 Å². The number of benzene rings is 2. The zero-order chi connectivity index (χ0) is 15.4. The molecule has 3 nitrogen and oxygen atoms in total. The van der Waals surface area contributed by atoms with Crippen LogP contribution in [0.25, 0.3) is 0 Å². The molecule has 2 aromatic rings. The largest absolute Gasteiger partial charge is 0.507 e. The Bertz CT molecular complexity index is 493. The number of rotatable bonds is 2. The van der Waals surface area contributed by atoms with Gasteiger partial charge in [-0.1, -0.05) is 56.3 Å². The highest BCUT2D eigenvalue weighted by Crippen LogP contribution is 2.19. The molecule has 0 radical (unpaired) electrons. The number of phenols is 1. The van der Waals surface area contributed by atoms with E-state index in [1.165, 1.54) is 6.07 Å². The lowest BCUT2D eigenvalue weighted by atomic mass is 10.0. The summed E-state index contributed by atoms with van der Waals surface area (Å²) >= 11 is 0. The van der Waals surface area contributed by atoms with E-state index >= 15 is 0 Å². The molecule has 0 aliphatic rings. The Hall–Kier alpha value is -2.13. The molecule has 0 heterocycles. The second kappa shape index (κ2) is 10.8. The number of ketones is 1. The third-order valence-corrected chi connectivity index (χ3v) is 2.18. The summed E-state index contributed by atoms with van der Waals surface area (Å²) in [4.78, 5) is 11.9. The number of carbonyl (C=O) groups excluding carboxylic acids is 1. The van der Waals surface area contributed by atoms with Crippen LogP contribution in [0.4, 0.5) is 0 Å². The maximum atomic E-state index is 11.9. The fraction of sp³-hybridized carbons (Fsp3) is 0.235. The molecule has 0 unspecified atom stereocenters. The predicted octanol–water partition coefficient (Wildman–Crippen LogP) is 3.91. The number of ether oxygens (including phenoxy) is 1. The van der Waals surface area contributed by atoms with Crippen molar-refractivity contribution in [3.8, 4) is 5.75 Å². The maximum Gasteiger partial charge on any atom is 0.196 e. The van der Waals surface area contributed by atoms with Gasteiger partial charge in [0.25, 0.3) is 0 Å². The molecule has 0 fully saturated rings. The zero-order valence-corrected chi connectivity index (χ0v) is 12.5. The zero-order valence-electron chi connectivity index (χ0n) is 12.5. The average molecular weight is 274 g/mol. The topological polar surface area (TPSA) is 46.5 Å². The molecule has 0 amide bonds. The molecule has 0 aromatic heterocycles. The Morgan fingerprint density at radius 2 is 1.35 bits per heavy atom. The molecule has 0 aliphatic heterocycles. The first kappa shape index (κ1) is 17.9. The summed E-state index contributed by atoms with van der Waals surface area (Å²) in [5, 5.41) is 9.52. The second-order valence-corrected chi connectivity index (χ2v) is 3.62. The van der Waals surface area contributed by atoms with Gasteiger partial charge in [0.2, 0.25) is 0 Å². The molecular weight excluding hydrogens is 252 g/mol. The van der Waals surface area contributed by atoms with Crippen molar-refractivity contribution in [2.24, 2.45) is 0 Å². The van der Waals surface area contributed by atoms with E-state index in [9.17, 15) is 9.90 Å². The van der Waals surface area contributed by atoms with Gasteiger partial charge in [-0.15, -0.1) is 0 Å². The van der Waals surface area contributed by atoms with E-state index in [2.05, 4.69) is 4.74 Å². The van der Waals surface area contributed by atoms with Crippen molar-refractivity contribution < 1.29 is 14.6 Å². The third-order valence-electron chi connectivity index (χ3n) is 2.18. The van der Waals surface area contributed by atoms with Crippen molar-refractivity contribution in [3.63, 3.8) is 0 Å². The van der Waals surface area contributed by atoms with E-state index in [-0.39, 0.29) is 11.5 Å². The molecule has 1 N–H and O–H groups in total. The van der Waals surface area contributed by atoms with Crippen molar-refractivity contribution in [1.29, 1.82) is 0 Å². The lowest BCUT2D eigenvalue weighted by Gasteiger charge is -2.02. The van der Waals surface area contributed by atoms with Crippen LogP contribution in [0.1, 0.15) is 29.8 Å². The van der Waals surface area contributed by atoms with E-state index < -0.39 is 0 Å². The Balaban J connectivity index is 0.000000641. The molecule has 0 atom stereocenters. The number of phenolic OH excluding ortho intramolecular Hbond substituents is 1. The van der Waals surface area contributed by atoms with Crippen molar-refractivity contribution >= 4 is 5.78 Å². The summed E-state index contributed by atoms with van der Waals surface area (Å²) < 4.78 is 4.25. The average Bonchev–Trinajstić information content (AvgIpc) is 2.51. The minimum Gasteiger partial charge on any atom is -0.507 e. The van der Waals surface area contributed by atoms with Crippen molar-refractivity contribution in [3.05, 3.63) is 65.7 Å². The summed E-state index contributed by atoms with van der Waals surface area (Å²) in [5.74, 6) is -0.139. The third kappa shape index (κ3) is 5.67. The van der Waals surface area contributed by atoms with Gasteiger partial charge in [0.05, 0.1) is 5.56 Å². The number of hydrogen-bond donors (Lipinski definition) is 1. The Morgan fingerprint density at radius 1 is 0.900 bits per heavy atom. The first-order valence-corrected chi connectivity index (χ1v) is 6.48. The van der Waals surface area contributed by atoms with Gasteiger partial charge in [0, 0.05) is 19.8 Å². The van der Waals surface area contributed by atoms with Gasteiger partial charge in [-0.25, -0.2) is 0 Å². The summed E-state index contributed by atoms with van der Waals surface area (Å²) in [6, 6.07) is 15.5.